The summed E-state index contributed by atoms with van der Waals surface area (Å²) in [6.07, 6.45) is 0. The highest BCUT2D eigenvalue weighted by Gasteiger charge is 2.17. The molecule has 0 unspecified atom stereocenters. The number of para-hydroxylation sites is 1. The highest BCUT2D eigenvalue weighted by molar-refractivity contribution is 6.24. The van der Waals surface area contributed by atoms with Gasteiger partial charge in [0.2, 0.25) is 0 Å². The molecule has 3 nitrogen and oxygen atoms in total. The number of benzene rings is 9. The van der Waals surface area contributed by atoms with E-state index >= 15 is 0 Å². The van der Waals surface area contributed by atoms with E-state index in [1.54, 1.807) is 0 Å². The molecule has 0 fully saturated rings. The highest BCUT2D eigenvalue weighted by Crippen LogP contribution is 2.41. The van der Waals surface area contributed by atoms with Gasteiger partial charge in [0.15, 0.2) is 5.82 Å². The van der Waals surface area contributed by atoms with Crippen molar-refractivity contribution in [1.29, 1.82) is 0 Å². The van der Waals surface area contributed by atoms with E-state index in [9.17, 15) is 0 Å². The summed E-state index contributed by atoms with van der Waals surface area (Å²) >= 11 is 0. The second-order valence-electron chi connectivity index (χ2n) is 14.5. The maximum absolute atomic E-state index is 6.87. The molecule has 11 rings (SSSR count). The lowest BCUT2D eigenvalue weighted by Gasteiger charge is -2.13. The molecule has 0 saturated heterocycles. The third kappa shape index (κ3) is 5.85. The normalized spacial score (nSPS) is 11.5. The molecule has 0 N–H and O–H groups in total. The molecule has 57 heavy (non-hydrogen) atoms. The van der Waals surface area contributed by atoms with E-state index in [0.29, 0.717) is 5.82 Å². The zero-order valence-electron chi connectivity index (χ0n) is 30.9. The molecule has 0 amide bonds. The van der Waals surface area contributed by atoms with Crippen LogP contribution >= 0.6 is 0 Å². The minimum absolute atomic E-state index is 0.678. The molecule has 0 atom stereocenters. The van der Waals surface area contributed by atoms with Crippen molar-refractivity contribution in [2.24, 2.45) is 0 Å². The van der Waals surface area contributed by atoms with E-state index in [1.165, 1.54) is 16.2 Å². The van der Waals surface area contributed by atoms with Crippen LogP contribution in [0, 0.1) is 0 Å². The lowest BCUT2D eigenvalue weighted by atomic mass is 9.95. The van der Waals surface area contributed by atoms with Crippen LogP contribution in [0.4, 0.5) is 0 Å². The van der Waals surface area contributed by atoms with Crippen LogP contribution in [0.5, 0.6) is 0 Å². The third-order valence-electron chi connectivity index (χ3n) is 11.1. The summed E-state index contributed by atoms with van der Waals surface area (Å²) in [5.41, 5.74) is 13.2. The van der Waals surface area contributed by atoms with Crippen molar-refractivity contribution >= 4 is 43.5 Å². The van der Waals surface area contributed by atoms with Crippen LogP contribution in [0.15, 0.2) is 211 Å². The molecular weight excluding hydrogens is 693 g/mol. The van der Waals surface area contributed by atoms with Crippen LogP contribution in [0.25, 0.3) is 111 Å². The van der Waals surface area contributed by atoms with Crippen LogP contribution in [-0.4, -0.2) is 9.97 Å². The van der Waals surface area contributed by atoms with Gasteiger partial charge >= 0.3 is 0 Å². The largest absolute Gasteiger partial charge is 0.455 e. The van der Waals surface area contributed by atoms with Gasteiger partial charge in [0.05, 0.1) is 11.4 Å². The number of rotatable bonds is 6. The molecule has 0 spiro atoms. The number of aromatic nitrogens is 2. The van der Waals surface area contributed by atoms with Gasteiger partial charge in [0.25, 0.3) is 0 Å². The number of nitrogens with zero attached hydrogens (tertiary/aromatic N) is 2. The second-order valence-corrected chi connectivity index (χ2v) is 14.5. The summed E-state index contributed by atoms with van der Waals surface area (Å²) in [6.45, 7) is 0. The van der Waals surface area contributed by atoms with E-state index < -0.39 is 0 Å². The molecule has 0 aliphatic rings. The summed E-state index contributed by atoms with van der Waals surface area (Å²) in [5.74, 6) is 0.678. The van der Waals surface area contributed by atoms with Crippen molar-refractivity contribution in [2.75, 3.05) is 0 Å². The van der Waals surface area contributed by atoms with E-state index in [2.05, 4.69) is 200 Å². The van der Waals surface area contributed by atoms with Gasteiger partial charge in [-0.3, -0.25) is 0 Å². The molecule has 0 aliphatic carbocycles. The zero-order chi connectivity index (χ0) is 37.7. The Morgan fingerprint density at radius 1 is 0.298 bits per heavy atom. The average molecular weight is 727 g/mol. The first-order chi connectivity index (χ1) is 28.2. The number of fused-ring (bicyclic) bond motifs is 7. The molecule has 3 heteroatoms. The van der Waals surface area contributed by atoms with Gasteiger partial charge in [-0.1, -0.05) is 176 Å². The van der Waals surface area contributed by atoms with Crippen LogP contribution in [0.1, 0.15) is 0 Å². The summed E-state index contributed by atoms with van der Waals surface area (Å²) < 4.78 is 6.87. The van der Waals surface area contributed by atoms with Crippen LogP contribution in [-0.2, 0) is 0 Å². The highest BCUT2D eigenvalue weighted by atomic mass is 16.3. The van der Waals surface area contributed by atoms with Crippen molar-refractivity contribution in [2.45, 2.75) is 0 Å². The zero-order valence-corrected chi connectivity index (χ0v) is 30.9. The van der Waals surface area contributed by atoms with Crippen molar-refractivity contribution in [3.63, 3.8) is 0 Å². The lowest BCUT2D eigenvalue weighted by Crippen LogP contribution is -1.97. The molecule has 2 heterocycles. The first-order valence-corrected chi connectivity index (χ1v) is 19.3. The van der Waals surface area contributed by atoms with Crippen molar-refractivity contribution in [3.05, 3.63) is 206 Å². The van der Waals surface area contributed by atoms with Gasteiger partial charge in [-0.05, 0) is 74.3 Å². The molecular formula is C54H34N2O. The van der Waals surface area contributed by atoms with E-state index in [1.807, 2.05) is 6.07 Å². The molecule has 0 saturated carbocycles. The quantitative estimate of drug-likeness (QED) is 0.160. The van der Waals surface area contributed by atoms with Crippen molar-refractivity contribution in [3.8, 4) is 67.3 Å². The fourth-order valence-electron chi connectivity index (χ4n) is 8.22. The topological polar surface area (TPSA) is 38.9 Å². The fraction of sp³-hybridized carbons (Fsp3) is 0. The SMILES string of the molecule is c1ccc(-c2cc(-c3ccccc3)cc(-c3nc(-c4ccccc4)cc(-c4ccc(-c5cccc6c5oc5c6ccc6ccc7ccccc7c65)cc4)n3)c2)cc1. The average Bonchev–Trinajstić information content (AvgIpc) is 3.69. The van der Waals surface area contributed by atoms with Gasteiger partial charge in [0.1, 0.15) is 11.2 Å². The minimum atomic E-state index is 0.678. The molecule has 0 aliphatic heterocycles. The minimum Gasteiger partial charge on any atom is -0.455 e. The third-order valence-corrected chi connectivity index (χ3v) is 11.1. The Morgan fingerprint density at radius 2 is 0.807 bits per heavy atom. The van der Waals surface area contributed by atoms with Crippen molar-refractivity contribution in [1.82, 2.24) is 9.97 Å². The Labute approximate surface area is 330 Å². The number of hydrogen-bond donors (Lipinski definition) is 0. The first-order valence-electron chi connectivity index (χ1n) is 19.3. The predicted molar refractivity (Wildman–Crippen MR) is 237 cm³/mol. The van der Waals surface area contributed by atoms with E-state index in [0.717, 1.165) is 88.8 Å². The molecule has 2 aromatic heterocycles. The summed E-state index contributed by atoms with van der Waals surface area (Å²) in [7, 11) is 0. The van der Waals surface area contributed by atoms with Crippen LogP contribution in [0.2, 0.25) is 0 Å². The smallest absolute Gasteiger partial charge is 0.160 e. The number of hydrogen-bond acceptors (Lipinski definition) is 3. The lowest BCUT2D eigenvalue weighted by molar-refractivity contribution is 0.674. The molecule has 11 aromatic rings. The second kappa shape index (κ2) is 13.6. The fourth-order valence-corrected chi connectivity index (χ4v) is 8.22. The molecule has 266 valence electrons. The van der Waals surface area contributed by atoms with Gasteiger partial charge in [0, 0.05) is 38.4 Å². The Morgan fingerprint density at radius 3 is 1.49 bits per heavy atom. The summed E-state index contributed by atoms with van der Waals surface area (Å²) in [6, 6.07) is 72.6. The standard InChI is InChI=1S/C54H34N2O/c1-4-13-35(14-5-1)42-31-43(36-15-6-2-7-16-36)33-44(32-42)54-55-49(39-18-8-3-9-19-39)34-50(56-54)40-26-23-38(24-27-40)46-21-12-22-47-48-30-29-41-28-25-37-17-10-11-20-45(37)51(41)53(48)57-52(46)47/h1-34H. The van der Waals surface area contributed by atoms with Crippen molar-refractivity contribution < 1.29 is 4.42 Å². The van der Waals surface area contributed by atoms with Crippen LogP contribution in [0.3, 0.4) is 0 Å². The van der Waals surface area contributed by atoms with Gasteiger partial charge in [-0.25, -0.2) is 9.97 Å². The summed E-state index contributed by atoms with van der Waals surface area (Å²) in [4.78, 5) is 10.5. The van der Waals surface area contributed by atoms with Gasteiger partial charge in [-0.15, -0.1) is 0 Å². The maximum atomic E-state index is 6.87. The van der Waals surface area contributed by atoms with Gasteiger partial charge < -0.3 is 4.42 Å². The first kappa shape index (κ1) is 32.8. The Kier molecular flexibility index (Phi) is 7.82. The van der Waals surface area contributed by atoms with E-state index in [4.69, 9.17) is 14.4 Å². The monoisotopic (exact) mass is 726 g/mol. The molecule has 9 aromatic carbocycles. The van der Waals surface area contributed by atoms with E-state index in [-0.39, 0.29) is 0 Å². The Balaban J connectivity index is 1.04. The molecule has 0 bridgehead atoms. The van der Waals surface area contributed by atoms with Gasteiger partial charge in [-0.2, -0.15) is 0 Å². The number of furan rings is 1. The predicted octanol–water partition coefficient (Wildman–Crippen LogP) is 14.7. The molecule has 0 radical (unpaired) electrons. The Hall–Kier alpha value is -7.62. The van der Waals surface area contributed by atoms with Crippen LogP contribution < -0.4 is 0 Å². The maximum Gasteiger partial charge on any atom is 0.160 e. The summed E-state index contributed by atoms with van der Waals surface area (Å²) in [5, 5.41) is 6.98. The Bertz CT molecular complexity index is 3200.